The first-order valence-corrected chi connectivity index (χ1v) is 5.75. The Kier molecular flexibility index (Phi) is 6.14. The first kappa shape index (κ1) is 13.5. The molecule has 4 nitrogen and oxygen atoms in total. The van der Waals surface area contributed by atoms with Crippen LogP contribution in [0.25, 0.3) is 6.08 Å². The molecular formula is C12H15ClN2O2. The van der Waals surface area contributed by atoms with E-state index in [1.54, 1.807) is 6.07 Å². The van der Waals surface area contributed by atoms with Gasteiger partial charge in [-0.25, -0.2) is 5.84 Å². The van der Waals surface area contributed by atoms with Crippen LogP contribution in [0.1, 0.15) is 12.0 Å². The maximum Gasteiger partial charge on any atom is 0.271 e. The molecule has 0 bridgehead atoms. The first-order chi connectivity index (χ1) is 8.27. The van der Waals surface area contributed by atoms with Gasteiger partial charge in [0.05, 0.1) is 0 Å². The molecule has 3 N–H and O–H groups in total. The number of para-hydroxylation sites is 1. The number of hydrazine groups is 1. The van der Waals surface area contributed by atoms with Gasteiger partial charge in [-0.3, -0.25) is 10.2 Å². The molecule has 0 aliphatic rings. The number of nitrogens with one attached hydrogen (secondary N) is 1. The minimum atomic E-state index is -0.371. The van der Waals surface area contributed by atoms with E-state index in [2.05, 4.69) is 0 Å². The van der Waals surface area contributed by atoms with Crippen LogP contribution in [0.4, 0.5) is 0 Å². The quantitative estimate of drug-likeness (QED) is 0.352. The third-order valence-electron chi connectivity index (χ3n) is 2.01. The molecule has 0 fully saturated rings. The number of ether oxygens (including phenoxy) is 1. The van der Waals surface area contributed by atoms with Gasteiger partial charge in [0.25, 0.3) is 5.91 Å². The molecule has 0 aliphatic heterocycles. The molecule has 0 aliphatic carbocycles. The van der Waals surface area contributed by atoms with Crippen molar-refractivity contribution < 1.29 is 9.53 Å². The van der Waals surface area contributed by atoms with Crippen molar-refractivity contribution in [3.05, 3.63) is 35.9 Å². The van der Waals surface area contributed by atoms with Gasteiger partial charge in [0.2, 0.25) is 0 Å². The number of hydrogen-bond acceptors (Lipinski definition) is 3. The van der Waals surface area contributed by atoms with E-state index in [1.165, 1.54) is 0 Å². The van der Waals surface area contributed by atoms with Crippen molar-refractivity contribution in [1.82, 2.24) is 5.43 Å². The molecule has 0 saturated carbocycles. The number of rotatable bonds is 6. The maximum absolute atomic E-state index is 11.0. The zero-order valence-corrected chi connectivity index (χ0v) is 10.1. The lowest BCUT2D eigenvalue weighted by molar-refractivity contribution is -0.123. The summed E-state index contributed by atoms with van der Waals surface area (Å²) < 4.78 is 5.34. The third-order valence-corrected chi connectivity index (χ3v) is 2.23. The van der Waals surface area contributed by atoms with Gasteiger partial charge in [-0.15, -0.1) is 11.6 Å². The van der Waals surface area contributed by atoms with Gasteiger partial charge in [-0.05, 0) is 12.5 Å². The van der Waals surface area contributed by atoms with Crippen molar-refractivity contribution in [2.24, 2.45) is 5.84 Å². The Morgan fingerprint density at radius 3 is 2.94 bits per heavy atom. The maximum atomic E-state index is 11.0. The van der Waals surface area contributed by atoms with Crippen molar-refractivity contribution in [1.29, 1.82) is 0 Å². The summed E-state index contributed by atoms with van der Waals surface area (Å²) in [4.78, 5) is 11.0. The molecule has 0 spiro atoms. The Labute approximate surface area is 105 Å². The number of nitrogens with two attached hydrogens (primary N) is 1. The van der Waals surface area contributed by atoms with Crippen LogP contribution in [0.2, 0.25) is 0 Å². The van der Waals surface area contributed by atoms with E-state index >= 15 is 0 Å². The predicted molar refractivity (Wildman–Crippen MR) is 68.6 cm³/mol. The van der Waals surface area contributed by atoms with Gasteiger partial charge in [0, 0.05) is 11.4 Å². The van der Waals surface area contributed by atoms with Crippen molar-refractivity contribution >= 4 is 23.6 Å². The van der Waals surface area contributed by atoms with E-state index < -0.39 is 0 Å². The summed E-state index contributed by atoms with van der Waals surface area (Å²) >= 11 is 5.58. The molecule has 92 valence electrons. The second kappa shape index (κ2) is 7.70. The molecule has 5 heteroatoms. The Hall–Kier alpha value is -1.52. The van der Waals surface area contributed by atoms with Gasteiger partial charge >= 0.3 is 0 Å². The van der Waals surface area contributed by atoms with Crippen molar-refractivity contribution in [2.45, 2.75) is 6.42 Å². The number of carbonyl (C=O) groups is 1. The molecule has 0 saturated heterocycles. The molecule has 1 rings (SSSR count). The van der Waals surface area contributed by atoms with E-state index in [1.807, 2.05) is 35.8 Å². The average Bonchev–Trinajstić information content (AvgIpc) is 2.37. The second-order valence-electron chi connectivity index (χ2n) is 3.27. The molecule has 17 heavy (non-hydrogen) atoms. The Bertz CT molecular complexity index is 394. The number of alkyl halides is 1. The van der Waals surface area contributed by atoms with Gasteiger partial charge in [-0.1, -0.05) is 30.4 Å². The normalized spacial score (nSPS) is 10.5. The molecule has 1 aromatic carbocycles. The minimum absolute atomic E-state index is 0.100. The topological polar surface area (TPSA) is 64.3 Å². The highest BCUT2D eigenvalue weighted by Crippen LogP contribution is 2.19. The summed E-state index contributed by atoms with van der Waals surface area (Å²) in [5.74, 6) is 5.81. The van der Waals surface area contributed by atoms with Crippen LogP contribution in [-0.2, 0) is 4.79 Å². The molecular weight excluding hydrogens is 240 g/mol. The SMILES string of the molecule is NNC(=O)COc1ccccc1C=CCCCl. The van der Waals surface area contributed by atoms with Crippen LogP contribution >= 0.6 is 11.6 Å². The van der Waals surface area contributed by atoms with Crippen molar-refractivity contribution in [2.75, 3.05) is 12.5 Å². The highest BCUT2D eigenvalue weighted by atomic mass is 35.5. The predicted octanol–water partition coefficient (Wildman–Crippen LogP) is 1.70. The van der Waals surface area contributed by atoms with Crippen LogP contribution in [0.5, 0.6) is 5.75 Å². The van der Waals surface area contributed by atoms with Crippen LogP contribution in [0.3, 0.4) is 0 Å². The molecule has 0 aromatic heterocycles. The smallest absolute Gasteiger partial charge is 0.271 e. The van der Waals surface area contributed by atoms with Gasteiger partial charge in [0.15, 0.2) is 6.61 Å². The van der Waals surface area contributed by atoms with E-state index in [9.17, 15) is 4.79 Å². The molecule has 0 radical (unpaired) electrons. The zero-order chi connectivity index (χ0) is 12.5. The largest absolute Gasteiger partial charge is 0.483 e. The van der Waals surface area contributed by atoms with Crippen LogP contribution < -0.4 is 16.0 Å². The first-order valence-electron chi connectivity index (χ1n) is 5.21. The summed E-state index contributed by atoms with van der Waals surface area (Å²) in [6.45, 7) is -0.100. The third kappa shape index (κ3) is 4.89. The fraction of sp³-hybridized carbons (Fsp3) is 0.250. The number of benzene rings is 1. The van der Waals surface area contributed by atoms with Crippen LogP contribution in [0, 0.1) is 0 Å². The van der Waals surface area contributed by atoms with E-state index in [0.29, 0.717) is 11.6 Å². The second-order valence-corrected chi connectivity index (χ2v) is 3.65. The average molecular weight is 255 g/mol. The molecule has 0 unspecified atom stereocenters. The Morgan fingerprint density at radius 1 is 1.47 bits per heavy atom. The number of allylic oxidation sites excluding steroid dienone is 1. The van der Waals surface area contributed by atoms with E-state index in [0.717, 1.165) is 12.0 Å². The van der Waals surface area contributed by atoms with E-state index in [-0.39, 0.29) is 12.5 Å². The monoisotopic (exact) mass is 254 g/mol. The number of carbonyl (C=O) groups excluding carboxylic acids is 1. The molecule has 0 heterocycles. The highest BCUT2D eigenvalue weighted by molar-refractivity contribution is 6.17. The number of halogens is 1. The lowest BCUT2D eigenvalue weighted by Gasteiger charge is -2.07. The highest BCUT2D eigenvalue weighted by Gasteiger charge is 2.02. The van der Waals surface area contributed by atoms with Crippen molar-refractivity contribution in [3.8, 4) is 5.75 Å². The van der Waals surface area contributed by atoms with Crippen molar-refractivity contribution in [3.63, 3.8) is 0 Å². The van der Waals surface area contributed by atoms with Crippen LogP contribution in [0.15, 0.2) is 30.3 Å². The minimum Gasteiger partial charge on any atom is -0.483 e. The molecule has 1 aromatic rings. The van der Waals surface area contributed by atoms with Gasteiger partial charge < -0.3 is 4.74 Å². The number of amides is 1. The Morgan fingerprint density at radius 2 is 2.24 bits per heavy atom. The molecule has 1 amide bonds. The standard InChI is InChI=1S/C12H15ClN2O2/c13-8-4-3-6-10-5-1-2-7-11(10)17-9-12(16)15-14/h1-3,5-7H,4,8-9,14H2,(H,15,16). The van der Waals surface area contributed by atoms with Gasteiger partial charge in [0.1, 0.15) is 5.75 Å². The summed E-state index contributed by atoms with van der Waals surface area (Å²) in [5, 5.41) is 0. The lowest BCUT2D eigenvalue weighted by Crippen LogP contribution is -2.34. The summed E-state index contributed by atoms with van der Waals surface area (Å²) in [6, 6.07) is 7.44. The summed E-state index contributed by atoms with van der Waals surface area (Å²) in [7, 11) is 0. The fourth-order valence-electron chi connectivity index (χ4n) is 1.21. The number of hydrogen-bond donors (Lipinski definition) is 2. The lowest BCUT2D eigenvalue weighted by atomic mass is 10.2. The fourth-order valence-corrected chi connectivity index (χ4v) is 1.33. The zero-order valence-electron chi connectivity index (χ0n) is 9.36. The molecule has 0 atom stereocenters. The van der Waals surface area contributed by atoms with Gasteiger partial charge in [-0.2, -0.15) is 0 Å². The van der Waals surface area contributed by atoms with Crippen LogP contribution in [-0.4, -0.2) is 18.4 Å². The summed E-state index contributed by atoms with van der Waals surface area (Å²) in [5.41, 5.74) is 2.91. The van der Waals surface area contributed by atoms with E-state index in [4.69, 9.17) is 22.2 Å². The Balaban J connectivity index is 2.67. The summed E-state index contributed by atoms with van der Waals surface area (Å²) in [6.07, 6.45) is 4.66.